The van der Waals surface area contributed by atoms with Crippen molar-refractivity contribution in [3.63, 3.8) is 0 Å². The highest BCUT2D eigenvalue weighted by Gasteiger charge is 2.17. The van der Waals surface area contributed by atoms with Gasteiger partial charge in [-0.1, -0.05) is 57.2 Å². The molecular weight excluding hydrogens is 348 g/mol. The molecule has 0 saturated heterocycles. The monoisotopic (exact) mass is 380 g/mol. The van der Waals surface area contributed by atoms with Crippen LogP contribution in [0, 0.1) is 0 Å². The first-order chi connectivity index (χ1) is 13.3. The van der Waals surface area contributed by atoms with Gasteiger partial charge in [-0.05, 0) is 55.3 Å². The lowest BCUT2D eigenvalue weighted by Gasteiger charge is -2.21. The number of carbonyl (C=O) groups excluding carboxylic acids is 1. The van der Waals surface area contributed by atoms with Gasteiger partial charge in [-0.25, -0.2) is 0 Å². The molecule has 0 bridgehead atoms. The summed E-state index contributed by atoms with van der Waals surface area (Å²) in [5, 5.41) is 2.98. The van der Waals surface area contributed by atoms with E-state index in [1.54, 1.807) is 12.2 Å². The van der Waals surface area contributed by atoms with Gasteiger partial charge in [-0.3, -0.25) is 4.79 Å². The standard InChI is InChI=1S/C24H32N2O2/c1-24(2,3)20-13-14-22(28-17-9-16-26(4)5)21(18-20)25-23(27)15-12-19-10-7-6-8-11-19/h6-8,10-15,18H,9,16-17H2,1-5H3,(H,25,27)/b15-12+. The van der Waals surface area contributed by atoms with Crippen molar-refractivity contribution in [3.8, 4) is 5.75 Å². The van der Waals surface area contributed by atoms with E-state index in [0.717, 1.165) is 24.1 Å². The van der Waals surface area contributed by atoms with Crippen LogP contribution in [0.25, 0.3) is 6.08 Å². The Hall–Kier alpha value is -2.59. The Labute approximate surface area is 169 Å². The van der Waals surface area contributed by atoms with E-state index in [0.29, 0.717) is 18.0 Å². The van der Waals surface area contributed by atoms with Gasteiger partial charge in [0.25, 0.3) is 0 Å². The SMILES string of the molecule is CN(C)CCCOc1ccc(C(C)(C)C)cc1NC(=O)/C=C/c1ccccc1. The molecule has 2 aromatic carbocycles. The van der Waals surface area contributed by atoms with Gasteiger partial charge >= 0.3 is 0 Å². The summed E-state index contributed by atoms with van der Waals surface area (Å²) in [4.78, 5) is 14.6. The number of hydrogen-bond donors (Lipinski definition) is 1. The number of anilines is 1. The largest absolute Gasteiger partial charge is 0.491 e. The summed E-state index contributed by atoms with van der Waals surface area (Å²) in [5.74, 6) is 0.529. The highest BCUT2D eigenvalue weighted by Crippen LogP contribution is 2.31. The van der Waals surface area contributed by atoms with Gasteiger partial charge in [0, 0.05) is 12.6 Å². The zero-order valence-electron chi connectivity index (χ0n) is 17.7. The Bertz CT molecular complexity index is 790. The molecular formula is C24H32N2O2. The second kappa shape index (κ2) is 10.1. The minimum atomic E-state index is -0.173. The summed E-state index contributed by atoms with van der Waals surface area (Å²) in [6.45, 7) is 8.03. The summed E-state index contributed by atoms with van der Waals surface area (Å²) in [7, 11) is 4.09. The van der Waals surface area contributed by atoms with Crippen LogP contribution in [0.1, 0.15) is 38.3 Å². The number of nitrogens with zero attached hydrogens (tertiary/aromatic N) is 1. The van der Waals surface area contributed by atoms with Crippen molar-refractivity contribution in [2.24, 2.45) is 0 Å². The smallest absolute Gasteiger partial charge is 0.248 e. The molecule has 0 aliphatic rings. The van der Waals surface area contributed by atoms with E-state index in [4.69, 9.17) is 4.74 Å². The molecule has 2 aromatic rings. The van der Waals surface area contributed by atoms with Crippen LogP contribution < -0.4 is 10.1 Å². The maximum absolute atomic E-state index is 12.5. The molecule has 0 aromatic heterocycles. The molecule has 0 heterocycles. The number of rotatable bonds is 8. The molecule has 0 spiro atoms. The number of carbonyl (C=O) groups is 1. The van der Waals surface area contributed by atoms with Gasteiger partial charge in [-0.15, -0.1) is 0 Å². The van der Waals surface area contributed by atoms with E-state index >= 15 is 0 Å². The van der Waals surface area contributed by atoms with Crippen LogP contribution in [0.2, 0.25) is 0 Å². The number of ether oxygens (including phenoxy) is 1. The van der Waals surface area contributed by atoms with Gasteiger partial charge in [-0.2, -0.15) is 0 Å². The molecule has 150 valence electrons. The number of benzene rings is 2. The Morgan fingerprint density at radius 3 is 2.46 bits per heavy atom. The van der Waals surface area contributed by atoms with Gasteiger partial charge in [0.2, 0.25) is 5.91 Å². The molecule has 1 N–H and O–H groups in total. The quantitative estimate of drug-likeness (QED) is 0.519. The highest BCUT2D eigenvalue weighted by molar-refractivity contribution is 6.02. The van der Waals surface area contributed by atoms with Crippen LogP contribution in [0.15, 0.2) is 54.6 Å². The van der Waals surface area contributed by atoms with Crippen molar-refractivity contribution in [3.05, 3.63) is 65.7 Å². The normalized spacial score (nSPS) is 11.8. The van der Waals surface area contributed by atoms with Crippen LogP contribution in [0.4, 0.5) is 5.69 Å². The van der Waals surface area contributed by atoms with Gasteiger partial charge in [0.15, 0.2) is 0 Å². The number of hydrogen-bond acceptors (Lipinski definition) is 3. The maximum Gasteiger partial charge on any atom is 0.248 e. The topological polar surface area (TPSA) is 41.6 Å². The van der Waals surface area contributed by atoms with Crippen molar-refractivity contribution in [2.75, 3.05) is 32.6 Å². The van der Waals surface area contributed by atoms with Crippen LogP contribution in [0.3, 0.4) is 0 Å². The summed E-state index contributed by atoms with van der Waals surface area (Å²) in [6, 6.07) is 15.8. The molecule has 0 aliphatic heterocycles. The molecule has 0 fully saturated rings. The molecule has 0 aliphatic carbocycles. The Kier molecular flexibility index (Phi) is 7.82. The average Bonchev–Trinajstić information content (AvgIpc) is 2.64. The van der Waals surface area contributed by atoms with Gasteiger partial charge < -0.3 is 15.0 Å². The Morgan fingerprint density at radius 2 is 1.82 bits per heavy atom. The van der Waals surface area contributed by atoms with Gasteiger partial charge in [0.05, 0.1) is 12.3 Å². The van der Waals surface area contributed by atoms with Crippen molar-refractivity contribution in [2.45, 2.75) is 32.6 Å². The van der Waals surface area contributed by atoms with E-state index in [-0.39, 0.29) is 11.3 Å². The molecule has 2 rings (SSSR count). The predicted octanol–water partition coefficient (Wildman–Crippen LogP) is 4.97. The van der Waals surface area contributed by atoms with Crippen molar-refractivity contribution in [1.29, 1.82) is 0 Å². The first kappa shape index (κ1) is 21.7. The molecule has 1 amide bonds. The lowest BCUT2D eigenvalue weighted by molar-refractivity contribution is -0.111. The third-order valence-electron chi connectivity index (χ3n) is 4.34. The third kappa shape index (κ3) is 7.20. The number of amides is 1. The molecule has 0 radical (unpaired) electrons. The predicted molar refractivity (Wildman–Crippen MR) is 118 cm³/mol. The third-order valence-corrected chi connectivity index (χ3v) is 4.34. The van der Waals surface area contributed by atoms with E-state index in [2.05, 4.69) is 37.1 Å². The molecule has 0 unspecified atom stereocenters. The molecule has 4 heteroatoms. The minimum Gasteiger partial charge on any atom is -0.491 e. The van der Waals surface area contributed by atoms with Crippen molar-refractivity contribution < 1.29 is 9.53 Å². The van der Waals surface area contributed by atoms with Crippen LogP contribution >= 0.6 is 0 Å². The van der Waals surface area contributed by atoms with Crippen LogP contribution in [0.5, 0.6) is 5.75 Å². The first-order valence-electron chi connectivity index (χ1n) is 9.72. The highest BCUT2D eigenvalue weighted by atomic mass is 16.5. The second-order valence-electron chi connectivity index (χ2n) is 8.20. The summed E-state index contributed by atoms with van der Waals surface area (Å²) in [6.07, 6.45) is 4.28. The average molecular weight is 381 g/mol. The molecule has 28 heavy (non-hydrogen) atoms. The van der Waals surface area contributed by atoms with Crippen molar-refractivity contribution in [1.82, 2.24) is 4.90 Å². The zero-order chi connectivity index (χ0) is 20.6. The Balaban J connectivity index is 2.13. The molecule has 0 atom stereocenters. The van der Waals surface area contributed by atoms with E-state index in [1.807, 2.05) is 56.6 Å². The minimum absolute atomic E-state index is 0.0111. The second-order valence-corrected chi connectivity index (χ2v) is 8.20. The van der Waals surface area contributed by atoms with Gasteiger partial charge in [0.1, 0.15) is 5.75 Å². The zero-order valence-corrected chi connectivity index (χ0v) is 17.7. The van der Waals surface area contributed by atoms with Crippen molar-refractivity contribution >= 4 is 17.7 Å². The van der Waals surface area contributed by atoms with Crippen LogP contribution in [-0.2, 0) is 10.2 Å². The Morgan fingerprint density at radius 1 is 1.11 bits per heavy atom. The molecule has 0 saturated carbocycles. The summed E-state index contributed by atoms with van der Waals surface area (Å²) in [5.41, 5.74) is 2.83. The summed E-state index contributed by atoms with van der Waals surface area (Å²) < 4.78 is 5.95. The fraction of sp³-hybridized carbons (Fsp3) is 0.375. The fourth-order valence-electron chi connectivity index (χ4n) is 2.69. The van der Waals surface area contributed by atoms with E-state index in [9.17, 15) is 4.79 Å². The maximum atomic E-state index is 12.5. The lowest BCUT2D eigenvalue weighted by Crippen LogP contribution is -2.17. The molecule has 4 nitrogen and oxygen atoms in total. The fourth-order valence-corrected chi connectivity index (χ4v) is 2.69. The first-order valence-corrected chi connectivity index (χ1v) is 9.72. The van der Waals surface area contributed by atoms with Crippen LogP contribution in [-0.4, -0.2) is 38.1 Å². The van der Waals surface area contributed by atoms with E-state index < -0.39 is 0 Å². The lowest BCUT2D eigenvalue weighted by atomic mass is 9.87. The van der Waals surface area contributed by atoms with E-state index in [1.165, 1.54) is 0 Å². The summed E-state index contributed by atoms with van der Waals surface area (Å²) >= 11 is 0. The number of nitrogens with one attached hydrogen (secondary N) is 1.